The van der Waals surface area contributed by atoms with Crippen molar-refractivity contribution in [2.24, 2.45) is 5.92 Å². The summed E-state index contributed by atoms with van der Waals surface area (Å²) in [6, 6.07) is 6.37. The smallest absolute Gasteiger partial charge is 0.227 e. The fraction of sp³-hybridized carbons (Fsp3) is 0.364. The summed E-state index contributed by atoms with van der Waals surface area (Å²) in [6.07, 6.45) is 12.5. The van der Waals surface area contributed by atoms with Crippen molar-refractivity contribution < 1.29 is 19.1 Å². The van der Waals surface area contributed by atoms with Crippen LogP contribution in [-0.2, 0) is 9.53 Å². The van der Waals surface area contributed by atoms with Crippen LogP contribution in [0.5, 0.6) is 5.75 Å². The number of phenols is 1. The number of phenolic OH excluding ortho intramolecular Hbond substituents is 1. The van der Waals surface area contributed by atoms with Crippen LogP contribution in [0.25, 0.3) is 28.2 Å². The molecule has 2 N–H and O–H groups in total. The molecule has 1 saturated carbocycles. The third-order valence-corrected chi connectivity index (χ3v) is 8.24. The fourth-order valence-corrected chi connectivity index (χ4v) is 5.83. The second-order valence-electron chi connectivity index (χ2n) is 11.3. The molecule has 43 heavy (non-hydrogen) atoms. The molecule has 0 spiro atoms. The highest BCUT2D eigenvalue weighted by atomic mass is 16.5. The number of hydrogen-bond acceptors (Lipinski definition) is 10. The molecule has 0 radical (unpaired) electrons. The number of anilines is 3. The van der Waals surface area contributed by atoms with Crippen LogP contribution in [0.4, 0.5) is 17.5 Å². The molecule has 10 heteroatoms. The molecule has 0 unspecified atom stereocenters. The number of aromatic nitrogens is 3. The predicted molar refractivity (Wildman–Crippen MR) is 166 cm³/mol. The lowest BCUT2D eigenvalue weighted by Crippen LogP contribution is -2.36. The van der Waals surface area contributed by atoms with E-state index in [0.717, 1.165) is 23.3 Å². The molecule has 4 heterocycles. The number of nitrogens with zero attached hydrogens (tertiary/aromatic N) is 4. The van der Waals surface area contributed by atoms with Gasteiger partial charge in [0.1, 0.15) is 11.3 Å². The minimum atomic E-state index is -0.224. The quantitative estimate of drug-likeness (QED) is 0.247. The van der Waals surface area contributed by atoms with Crippen LogP contribution in [0.1, 0.15) is 50.3 Å². The average molecular weight is 582 g/mol. The molecule has 10 nitrogen and oxygen atoms in total. The van der Waals surface area contributed by atoms with Crippen molar-refractivity contribution in [1.82, 2.24) is 15.0 Å². The Hall–Kier alpha value is -4.57. The second kappa shape index (κ2) is 12.3. The first kappa shape index (κ1) is 28.5. The normalized spacial score (nSPS) is 16.1. The topological polar surface area (TPSA) is 131 Å². The number of pyridine rings is 1. The Labute approximate surface area is 249 Å². The van der Waals surface area contributed by atoms with E-state index >= 15 is 0 Å². The van der Waals surface area contributed by atoms with E-state index in [0.29, 0.717) is 71.8 Å². The molecule has 0 atom stereocenters. The molecule has 1 saturated heterocycles. The van der Waals surface area contributed by atoms with E-state index < -0.39 is 0 Å². The molecule has 1 aliphatic carbocycles. The van der Waals surface area contributed by atoms with Crippen LogP contribution in [0.2, 0.25) is 0 Å². The van der Waals surface area contributed by atoms with E-state index in [9.17, 15) is 14.7 Å². The highest BCUT2D eigenvalue weighted by Crippen LogP contribution is 2.35. The molecule has 0 bridgehead atoms. The lowest BCUT2D eigenvalue weighted by molar-refractivity contribution is -0.113. The number of carbonyl (C=O) groups is 1. The van der Waals surface area contributed by atoms with Crippen LogP contribution in [0.3, 0.4) is 0 Å². The standard InChI is InChI=1S/C33H35N5O5/c1-20-24(12-23(21(2)39)11-22-5-3-4-6-22)18-35-33(36-20)37-26-13-25(17-34-19-26)27-15-31-28(14-29(27)40)30(41)16-32(43-31)38-7-9-42-10-8-38/h12-19,22,40H,3-11H2,1-2H3,(H,35,36,37)/b23-12+. The molecule has 1 aliphatic heterocycles. The van der Waals surface area contributed by atoms with E-state index in [-0.39, 0.29) is 17.0 Å². The number of Topliss-reactive ketones (excluding diaryl/α,β-unsaturated/α-hetero) is 1. The van der Waals surface area contributed by atoms with E-state index in [2.05, 4.69) is 20.3 Å². The number of nitrogens with one attached hydrogen (secondary N) is 1. The maximum atomic E-state index is 12.8. The number of benzene rings is 1. The van der Waals surface area contributed by atoms with Gasteiger partial charge in [-0.05, 0) is 56.0 Å². The summed E-state index contributed by atoms with van der Waals surface area (Å²) in [7, 11) is 0. The summed E-state index contributed by atoms with van der Waals surface area (Å²) in [6.45, 7) is 5.92. The van der Waals surface area contributed by atoms with Crippen LogP contribution >= 0.6 is 0 Å². The summed E-state index contributed by atoms with van der Waals surface area (Å²) in [5.74, 6) is 1.47. The number of allylic oxidation sites excluding steroid dienone is 1. The molecule has 3 aromatic heterocycles. The monoisotopic (exact) mass is 581 g/mol. The number of rotatable bonds is 8. The Balaban J connectivity index is 1.24. The molecule has 4 aromatic rings. The van der Waals surface area contributed by atoms with Crippen LogP contribution < -0.4 is 15.6 Å². The molecular weight excluding hydrogens is 546 g/mol. The molecular formula is C33H35N5O5. The zero-order valence-electron chi connectivity index (χ0n) is 24.4. The summed E-state index contributed by atoms with van der Waals surface area (Å²) in [5, 5.41) is 14.3. The van der Waals surface area contributed by atoms with Crippen molar-refractivity contribution in [3.8, 4) is 16.9 Å². The molecule has 1 aromatic carbocycles. The first-order valence-electron chi connectivity index (χ1n) is 14.8. The average Bonchev–Trinajstić information content (AvgIpc) is 3.52. The number of aromatic hydroxyl groups is 1. The number of ketones is 1. The first-order valence-corrected chi connectivity index (χ1v) is 14.8. The highest BCUT2D eigenvalue weighted by Gasteiger charge is 2.20. The maximum Gasteiger partial charge on any atom is 0.227 e. The van der Waals surface area contributed by atoms with Crippen molar-refractivity contribution in [3.05, 3.63) is 69.9 Å². The van der Waals surface area contributed by atoms with Gasteiger partial charge in [0.25, 0.3) is 0 Å². The Morgan fingerprint density at radius 2 is 1.91 bits per heavy atom. The molecule has 6 rings (SSSR count). The van der Waals surface area contributed by atoms with Crippen molar-refractivity contribution in [3.63, 3.8) is 0 Å². The van der Waals surface area contributed by atoms with E-state index in [1.807, 2.05) is 24.0 Å². The zero-order valence-corrected chi connectivity index (χ0v) is 24.4. The van der Waals surface area contributed by atoms with Crippen molar-refractivity contribution in [2.45, 2.75) is 46.0 Å². The lowest BCUT2D eigenvalue weighted by atomic mass is 9.94. The molecule has 222 valence electrons. The van der Waals surface area contributed by atoms with Gasteiger partial charge in [-0.2, -0.15) is 0 Å². The number of fused-ring (bicyclic) bond motifs is 1. The van der Waals surface area contributed by atoms with E-state index in [1.54, 1.807) is 31.6 Å². The lowest BCUT2D eigenvalue weighted by Gasteiger charge is -2.27. The van der Waals surface area contributed by atoms with Gasteiger partial charge in [-0.3, -0.25) is 14.6 Å². The summed E-state index contributed by atoms with van der Waals surface area (Å²) in [5.41, 5.74) is 4.26. The number of carbonyl (C=O) groups excluding carboxylic acids is 1. The van der Waals surface area contributed by atoms with E-state index in [4.69, 9.17) is 9.15 Å². The van der Waals surface area contributed by atoms with Crippen molar-refractivity contribution in [1.29, 1.82) is 0 Å². The van der Waals surface area contributed by atoms with Gasteiger partial charge < -0.3 is 24.5 Å². The van der Waals surface area contributed by atoms with Gasteiger partial charge in [0.15, 0.2) is 17.1 Å². The highest BCUT2D eigenvalue weighted by molar-refractivity contribution is 5.97. The summed E-state index contributed by atoms with van der Waals surface area (Å²) >= 11 is 0. The minimum absolute atomic E-state index is 0.0556. The van der Waals surface area contributed by atoms with E-state index in [1.165, 1.54) is 37.8 Å². The van der Waals surface area contributed by atoms with Gasteiger partial charge in [-0.1, -0.05) is 25.7 Å². The van der Waals surface area contributed by atoms with Gasteiger partial charge in [-0.15, -0.1) is 0 Å². The van der Waals surface area contributed by atoms with Crippen molar-refractivity contribution >= 4 is 40.3 Å². The number of morpholine rings is 1. The van der Waals surface area contributed by atoms with Gasteiger partial charge in [0.2, 0.25) is 5.95 Å². The summed E-state index contributed by atoms with van der Waals surface area (Å²) in [4.78, 5) is 40.6. The second-order valence-corrected chi connectivity index (χ2v) is 11.3. The van der Waals surface area contributed by atoms with Crippen LogP contribution in [0, 0.1) is 12.8 Å². The number of hydrogen-bond donors (Lipinski definition) is 2. The molecule has 2 fully saturated rings. The number of ether oxygens (including phenoxy) is 1. The van der Waals surface area contributed by atoms with Gasteiger partial charge in [0.05, 0.1) is 36.2 Å². The minimum Gasteiger partial charge on any atom is -0.507 e. The summed E-state index contributed by atoms with van der Waals surface area (Å²) < 4.78 is 11.5. The predicted octanol–water partition coefficient (Wildman–Crippen LogP) is 5.79. The Bertz CT molecular complexity index is 1750. The zero-order chi connectivity index (χ0) is 29.9. The van der Waals surface area contributed by atoms with Crippen LogP contribution in [-0.4, -0.2) is 52.1 Å². The number of aryl methyl sites for hydroxylation is 1. The van der Waals surface area contributed by atoms with Gasteiger partial charge in [-0.25, -0.2) is 9.97 Å². The first-order chi connectivity index (χ1) is 20.8. The van der Waals surface area contributed by atoms with Crippen LogP contribution in [0.15, 0.2) is 57.6 Å². The molecule has 2 aliphatic rings. The fourth-order valence-electron chi connectivity index (χ4n) is 5.83. The maximum absolute atomic E-state index is 12.8. The third-order valence-electron chi connectivity index (χ3n) is 8.24. The molecule has 0 amide bonds. The van der Waals surface area contributed by atoms with Gasteiger partial charge >= 0.3 is 0 Å². The SMILES string of the molecule is CC(=O)/C(=C/c1cnc(Nc2cncc(-c3cc4oc(N5CCOCC5)cc(=O)c4cc3O)c2)nc1C)CC1CCCC1. The largest absolute Gasteiger partial charge is 0.507 e. The Kier molecular flexibility index (Phi) is 8.20. The Morgan fingerprint density at radius 3 is 2.65 bits per heavy atom. The third kappa shape index (κ3) is 6.44. The van der Waals surface area contributed by atoms with Gasteiger partial charge in [0, 0.05) is 48.2 Å². The van der Waals surface area contributed by atoms with Crippen molar-refractivity contribution in [2.75, 3.05) is 36.5 Å². The Morgan fingerprint density at radius 1 is 1.12 bits per heavy atom.